The molecule has 0 radical (unpaired) electrons. The van der Waals surface area contributed by atoms with Crippen molar-refractivity contribution in [2.45, 2.75) is 0 Å². The number of halogens is 3. The third kappa shape index (κ3) is 4.18. The fraction of sp³-hybridized carbons (Fsp3) is 0.100. The zero-order valence-electron chi connectivity index (χ0n) is 8.73. The molecule has 0 heterocycles. The number of esters is 1. The molecule has 18 heavy (non-hydrogen) atoms. The second kappa shape index (κ2) is 6.58. The van der Waals surface area contributed by atoms with Crippen LogP contribution in [0.4, 0.5) is 5.69 Å². The Morgan fingerprint density at radius 2 is 1.78 bits per heavy atom. The number of nitrogens with zero attached hydrogens (tertiary/aromatic N) is 1. The molecule has 0 bridgehead atoms. The van der Waals surface area contributed by atoms with Crippen molar-refractivity contribution in [2.24, 2.45) is 0 Å². The molecule has 8 heteroatoms. The maximum Gasteiger partial charge on any atom is 0.338 e. The van der Waals surface area contributed by atoms with Gasteiger partial charge in [0.15, 0.2) is 0 Å². The Bertz CT molecular complexity index is 494. The molecule has 0 unspecified atom stereocenters. The number of ether oxygens (including phenoxy) is 1. The van der Waals surface area contributed by atoms with Crippen molar-refractivity contribution in [2.75, 3.05) is 6.61 Å². The van der Waals surface area contributed by atoms with Gasteiger partial charge in [0, 0.05) is 12.1 Å². The lowest BCUT2D eigenvalue weighted by molar-refractivity contribution is -0.384. The lowest BCUT2D eigenvalue weighted by Crippen LogP contribution is -2.06. The van der Waals surface area contributed by atoms with Gasteiger partial charge in [0.25, 0.3) is 5.69 Å². The minimum atomic E-state index is -0.683. The molecule has 0 fully saturated rings. The number of carbonyl (C=O) groups is 1. The van der Waals surface area contributed by atoms with Gasteiger partial charge in [-0.25, -0.2) is 4.79 Å². The van der Waals surface area contributed by atoms with Crippen LogP contribution in [0.15, 0.2) is 33.8 Å². The van der Waals surface area contributed by atoms with E-state index in [9.17, 15) is 14.9 Å². The summed E-state index contributed by atoms with van der Waals surface area (Å²) in [5.74, 6) is -0.683. The van der Waals surface area contributed by atoms with E-state index >= 15 is 0 Å². The summed E-state index contributed by atoms with van der Waals surface area (Å²) in [6, 6.07) is 4.95. The molecular formula is C10H6Cl3NO4. The summed E-state index contributed by atoms with van der Waals surface area (Å²) >= 11 is 16.3. The SMILES string of the molecule is O=C(OCC(Cl)=C(Cl)Cl)c1ccc([N+](=O)[O-])cc1. The van der Waals surface area contributed by atoms with Gasteiger partial charge >= 0.3 is 5.97 Å². The molecule has 0 spiro atoms. The van der Waals surface area contributed by atoms with Crippen LogP contribution in [0.3, 0.4) is 0 Å². The molecule has 1 aromatic carbocycles. The van der Waals surface area contributed by atoms with Gasteiger partial charge in [-0.05, 0) is 12.1 Å². The number of hydrogen-bond acceptors (Lipinski definition) is 4. The van der Waals surface area contributed by atoms with Crippen LogP contribution in [-0.2, 0) is 4.74 Å². The Morgan fingerprint density at radius 1 is 1.22 bits per heavy atom. The predicted molar refractivity (Wildman–Crippen MR) is 68.0 cm³/mol. The molecule has 96 valence electrons. The number of hydrogen-bond donors (Lipinski definition) is 0. The van der Waals surface area contributed by atoms with Crippen LogP contribution in [0.1, 0.15) is 10.4 Å². The van der Waals surface area contributed by atoms with Crippen LogP contribution in [-0.4, -0.2) is 17.5 Å². The first-order valence-electron chi connectivity index (χ1n) is 4.53. The standard InChI is InChI=1S/C10H6Cl3NO4/c11-8(9(12)13)5-18-10(15)6-1-3-7(4-2-6)14(16)17/h1-4H,5H2. The first kappa shape index (κ1) is 14.8. The Morgan fingerprint density at radius 3 is 2.22 bits per heavy atom. The molecule has 0 aliphatic heterocycles. The van der Waals surface area contributed by atoms with E-state index in [1.165, 1.54) is 24.3 Å². The second-order valence-corrected chi connectivity index (χ2v) is 4.45. The van der Waals surface area contributed by atoms with Crippen molar-refractivity contribution in [1.29, 1.82) is 0 Å². The van der Waals surface area contributed by atoms with Crippen molar-refractivity contribution >= 4 is 46.5 Å². The van der Waals surface area contributed by atoms with E-state index in [2.05, 4.69) is 0 Å². The van der Waals surface area contributed by atoms with Crippen molar-refractivity contribution in [3.63, 3.8) is 0 Å². The van der Waals surface area contributed by atoms with Crippen LogP contribution in [0, 0.1) is 10.1 Å². The van der Waals surface area contributed by atoms with Crippen LogP contribution in [0.25, 0.3) is 0 Å². The molecule has 0 aliphatic carbocycles. The second-order valence-electron chi connectivity index (χ2n) is 3.05. The minimum absolute atomic E-state index is 0.00593. The molecule has 1 aromatic rings. The summed E-state index contributed by atoms with van der Waals surface area (Å²) in [7, 11) is 0. The number of carbonyl (C=O) groups excluding carboxylic acids is 1. The van der Waals surface area contributed by atoms with E-state index in [4.69, 9.17) is 39.5 Å². The Kier molecular flexibility index (Phi) is 5.40. The summed E-state index contributed by atoms with van der Waals surface area (Å²) in [4.78, 5) is 21.3. The fourth-order valence-corrected chi connectivity index (χ4v) is 1.15. The van der Waals surface area contributed by atoms with Crippen molar-refractivity contribution in [1.82, 2.24) is 0 Å². The lowest BCUT2D eigenvalue weighted by atomic mass is 10.2. The molecule has 1 rings (SSSR count). The molecule has 0 saturated heterocycles. The zero-order chi connectivity index (χ0) is 13.7. The molecule has 0 amide bonds. The molecule has 0 atom stereocenters. The van der Waals surface area contributed by atoms with Crippen molar-refractivity contribution < 1.29 is 14.5 Å². The molecule has 0 saturated carbocycles. The number of rotatable bonds is 4. The third-order valence-corrected chi connectivity index (χ3v) is 2.80. The first-order chi connectivity index (χ1) is 8.41. The third-order valence-electron chi connectivity index (χ3n) is 1.85. The van der Waals surface area contributed by atoms with Gasteiger partial charge in [-0.2, -0.15) is 0 Å². The summed E-state index contributed by atoms with van der Waals surface area (Å²) in [6.45, 7) is -0.264. The van der Waals surface area contributed by atoms with Gasteiger partial charge in [0.05, 0.1) is 15.5 Å². The molecule has 0 aliphatic rings. The van der Waals surface area contributed by atoms with Crippen LogP contribution >= 0.6 is 34.8 Å². The number of non-ortho nitro benzene ring substituents is 1. The van der Waals surface area contributed by atoms with E-state index in [1.54, 1.807) is 0 Å². The van der Waals surface area contributed by atoms with Gasteiger partial charge in [0.1, 0.15) is 11.1 Å². The first-order valence-corrected chi connectivity index (χ1v) is 5.66. The average Bonchev–Trinajstić information content (AvgIpc) is 2.35. The number of benzene rings is 1. The maximum absolute atomic E-state index is 11.5. The van der Waals surface area contributed by atoms with Gasteiger partial charge in [-0.1, -0.05) is 34.8 Å². The largest absolute Gasteiger partial charge is 0.456 e. The topological polar surface area (TPSA) is 69.4 Å². The highest BCUT2D eigenvalue weighted by atomic mass is 35.5. The highest BCUT2D eigenvalue weighted by molar-refractivity contribution is 6.59. The van der Waals surface area contributed by atoms with Crippen LogP contribution in [0.5, 0.6) is 0 Å². The fourth-order valence-electron chi connectivity index (χ4n) is 0.986. The van der Waals surface area contributed by atoms with Gasteiger partial charge in [0.2, 0.25) is 0 Å². The smallest absolute Gasteiger partial charge is 0.338 e. The van der Waals surface area contributed by atoms with Crippen molar-refractivity contribution in [3.8, 4) is 0 Å². The summed E-state index contributed by atoms with van der Waals surface area (Å²) in [6.07, 6.45) is 0. The lowest BCUT2D eigenvalue weighted by Gasteiger charge is -2.03. The van der Waals surface area contributed by atoms with Gasteiger partial charge in [-0.15, -0.1) is 0 Å². The Hall–Kier alpha value is -1.30. The average molecular weight is 311 g/mol. The highest BCUT2D eigenvalue weighted by Gasteiger charge is 2.11. The predicted octanol–water partition coefficient (Wildman–Crippen LogP) is 3.64. The minimum Gasteiger partial charge on any atom is -0.456 e. The highest BCUT2D eigenvalue weighted by Crippen LogP contribution is 2.18. The quantitative estimate of drug-likeness (QED) is 0.483. The molecule has 0 N–H and O–H groups in total. The number of nitro benzene ring substituents is 1. The molecule has 5 nitrogen and oxygen atoms in total. The Balaban J connectivity index is 2.68. The van der Waals surface area contributed by atoms with E-state index in [-0.39, 0.29) is 27.4 Å². The summed E-state index contributed by atoms with van der Waals surface area (Å²) in [5.41, 5.74) is 0.0454. The normalized spacial score (nSPS) is 9.72. The molecular weight excluding hydrogens is 304 g/mol. The van der Waals surface area contributed by atoms with Crippen LogP contribution in [0.2, 0.25) is 0 Å². The van der Waals surface area contributed by atoms with Gasteiger partial charge < -0.3 is 4.74 Å². The van der Waals surface area contributed by atoms with Crippen LogP contribution < -0.4 is 0 Å². The van der Waals surface area contributed by atoms with E-state index in [0.29, 0.717) is 0 Å². The maximum atomic E-state index is 11.5. The molecule has 0 aromatic heterocycles. The van der Waals surface area contributed by atoms with Crippen molar-refractivity contribution in [3.05, 3.63) is 49.5 Å². The van der Waals surface area contributed by atoms with E-state index < -0.39 is 10.9 Å². The summed E-state index contributed by atoms with van der Waals surface area (Å²) in [5, 5.41) is 10.4. The summed E-state index contributed by atoms with van der Waals surface area (Å²) < 4.78 is 4.60. The Labute approximate surface area is 117 Å². The monoisotopic (exact) mass is 309 g/mol. The number of nitro groups is 1. The zero-order valence-corrected chi connectivity index (χ0v) is 11.0. The van der Waals surface area contributed by atoms with E-state index in [0.717, 1.165) is 0 Å². The van der Waals surface area contributed by atoms with Gasteiger partial charge in [-0.3, -0.25) is 10.1 Å². The van der Waals surface area contributed by atoms with E-state index in [1.807, 2.05) is 0 Å².